The van der Waals surface area contributed by atoms with E-state index >= 15 is 0 Å². The summed E-state index contributed by atoms with van der Waals surface area (Å²) in [6.07, 6.45) is 5.90. The Kier molecular flexibility index (Phi) is 6.77. The third kappa shape index (κ3) is 5.54. The average molecular weight is 305 g/mol. The number of allylic oxidation sites excluding steroid dienone is 2. The molecule has 0 bridgehead atoms. The summed E-state index contributed by atoms with van der Waals surface area (Å²) in [5.74, 6) is 0.871. The predicted molar refractivity (Wildman–Crippen MR) is 97.2 cm³/mol. The largest absolute Gasteiger partial charge is 0.497 e. The standard InChI is InChI=1S/C21H23NO/c1-3-4-6-12-20(19-13-9-14-21(15-19)23-2)17-22-16-18-10-7-5-8-11-18/h4-5,7-11,13-15,17,22H,1,6,12,16H2,2H3/b20-17+. The van der Waals surface area contributed by atoms with Gasteiger partial charge in [-0.25, -0.2) is 0 Å². The molecule has 1 N–H and O–H groups in total. The number of hydrogen-bond acceptors (Lipinski definition) is 2. The molecule has 118 valence electrons. The van der Waals surface area contributed by atoms with E-state index in [1.54, 1.807) is 7.11 Å². The number of benzene rings is 2. The zero-order valence-corrected chi connectivity index (χ0v) is 13.6. The van der Waals surface area contributed by atoms with E-state index in [2.05, 4.69) is 60.2 Å². The van der Waals surface area contributed by atoms with Gasteiger partial charge < -0.3 is 10.1 Å². The monoisotopic (exact) mass is 305 g/mol. The van der Waals surface area contributed by atoms with Gasteiger partial charge in [-0.15, -0.1) is 5.73 Å². The predicted octanol–water partition coefficient (Wildman–Crippen LogP) is 4.95. The molecule has 2 nitrogen and oxygen atoms in total. The lowest BCUT2D eigenvalue weighted by Crippen LogP contribution is -2.06. The Labute approximate surface area is 138 Å². The molecule has 0 aliphatic heterocycles. The first kappa shape index (κ1) is 16.7. The van der Waals surface area contributed by atoms with E-state index in [1.807, 2.05) is 24.3 Å². The van der Waals surface area contributed by atoms with Crippen LogP contribution < -0.4 is 10.1 Å². The van der Waals surface area contributed by atoms with Gasteiger partial charge in [-0.05, 0) is 47.8 Å². The lowest BCUT2D eigenvalue weighted by atomic mass is 10.0. The van der Waals surface area contributed by atoms with Crippen molar-refractivity contribution in [3.63, 3.8) is 0 Å². The molecule has 0 heterocycles. The molecule has 2 aromatic rings. The van der Waals surface area contributed by atoms with Crippen LogP contribution in [0.2, 0.25) is 0 Å². The molecule has 0 unspecified atom stereocenters. The van der Waals surface area contributed by atoms with Crippen LogP contribution in [-0.4, -0.2) is 7.11 Å². The van der Waals surface area contributed by atoms with Crippen LogP contribution in [0.25, 0.3) is 5.57 Å². The minimum Gasteiger partial charge on any atom is -0.497 e. The summed E-state index contributed by atoms with van der Waals surface area (Å²) in [7, 11) is 1.69. The van der Waals surface area contributed by atoms with Gasteiger partial charge in [0.2, 0.25) is 0 Å². The van der Waals surface area contributed by atoms with Crippen molar-refractivity contribution in [2.45, 2.75) is 19.4 Å². The fourth-order valence-corrected chi connectivity index (χ4v) is 2.34. The maximum absolute atomic E-state index is 5.33. The van der Waals surface area contributed by atoms with E-state index in [4.69, 9.17) is 4.74 Å². The smallest absolute Gasteiger partial charge is 0.119 e. The number of rotatable bonds is 8. The third-order valence-electron chi connectivity index (χ3n) is 3.57. The first-order valence-corrected chi connectivity index (χ1v) is 7.78. The Bertz CT molecular complexity index is 682. The summed E-state index contributed by atoms with van der Waals surface area (Å²) in [4.78, 5) is 0. The van der Waals surface area contributed by atoms with Crippen LogP contribution in [0.3, 0.4) is 0 Å². The Morgan fingerprint density at radius 3 is 2.74 bits per heavy atom. The molecule has 2 heteroatoms. The van der Waals surface area contributed by atoms with Crippen LogP contribution in [0.4, 0.5) is 0 Å². The minimum atomic E-state index is 0.811. The normalized spacial score (nSPS) is 10.7. The Morgan fingerprint density at radius 1 is 1.17 bits per heavy atom. The van der Waals surface area contributed by atoms with Crippen molar-refractivity contribution in [2.24, 2.45) is 0 Å². The van der Waals surface area contributed by atoms with E-state index in [1.165, 1.54) is 16.7 Å². The van der Waals surface area contributed by atoms with Gasteiger partial charge in [0, 0.05) is 12.7 Å². The molecule has 0 aromatic heterocycles. The van der Waals surface area contributed by atoms with Crippen LogP contribution in [0.5, 0.6) is 5.75 Å². The molecule has 0 saturated carbocycles. The minimum absolute atomic E-state index is 0.811. The van der Waals surface area contributed by atoms with Crippen LogP contribution in [0, 0.1) is 0 Å². The van der Waals surface area contributed by atoms with Gasteiger partial charge in [-0.3, -0.25) is 0 Å². The van der Waals surface area contributed by atoms with Crippen LogP contribution in [0.1, 0.15) is 24.0 Å². The molecule has 2 aromatic carbocycles. The zero-order valence-electron chi connectivity index (χ0n) is 13.6. The van der Waals surface area contributed by atoms with Crippen LogP contribution in [-0.2, 0) is 6.54 Å². The summed E-state index contributed by atoms with van der Waals surface area (Å²) in [6.45, 7) is 4.43. The highest BCUT2D eigenvalue weighted by Gasteiger charge is 2.03. The molecule has 23 heavy (non-hydrogen) atoms. The second kappa shape index (κ2) is 9.34. The summed E-state index contributed by atoms with van der Waals surface area (Å²) in [5, 5.41) is 3.41. The van der Waals surface area contributed by atoms with E-state index in [0.717, 1.165) is 25.1 Å². The van der Waals surface area contributed by atoms with Gasteiger partial charge in [-0.2, -0.15) is 0 Å². The van der Waals surface area contributed by atoms with Crippen molar-refractivity contribution < 1.29 is 4.74 Å². The number of hydrogen-bond donors (Lipinski definition) is 1. The lowest BCUT2D eigenvalue weighted by molar-refractivity contribution is 0.414. The van der Waals surface area contributed by atoms with Gasteiger partial charge in [0.15, 0.2) is 0 Å². The molecule has 0 fully saturated rings. The van der Waals surface area contributed by atoms with Gasteiger partial charge in [0.05, 0.1) is 7.11 Å². The molecular formula is C21H23NO. The maximum Gasteiger partial charge on any atom is 0.119 e. The number of nitrogens with one attached hydrogen (secondary N) is 1. The molecule has 0 spiro atoms. The highest BCUT2D eigenvalue weighted by Crippen LogP contribution is 2.23. The number of methoxy groups -OCH3 is 1. The second-order valence-corrected chi connectivity index (χ2v) is 5.21. The molecule has 0 saturated heterocycles. The molecule has 0 atom stereocenters. The topological polar surface area (TPSA) is 21.3 Å². The molecule has 0 aliphatic rings. The molecule has 0 radical (unpaired) electrons. The highest BCUT2D eigenvalue weighted by molar-refractivity contribution is 5.66. The van der Waals surface area contributed by atoms with E-state index in [9.17, 15) is 0 Å². The molecular weight excluding hydrogens is 282 g/mol. The summed E-state index contributed by atoms with van der Waals surface area (Å²) < 4.78 is 5.33. The lowest BCUT2D eigenvalue weighted by Gasteiger charge is -2.10. The maximum atomic E-state index is 5.33. The van der Waals surface area contributed by atoms with E-state index in [-0.39, 0.29) is 0 Å². The summed E-state index contributed by atoms with van der Waals surface area (Å²) >= 11 is 0. The van der Waals surface area contributed by atoms with Gasteiger partial charge >= 0.3 is 0 Å². The molecule has 0 amide bonds. The SMILES string of the molecule is C=C=CCC/C(=C\NCc1ccccc1)c1cccc(OC)c1. The van der Waals surface area contributed by atoms with Crippen molar-refractivity contribution in [1.82, 2.24) is 5.32 Å². The van der Waals surface area contributed by atoms with Crippen LogP contribution in [0.15, 0.2) is 79.2 Å². The summed E-state index contributed by atoms with van der Waals surface area (Å²) in [6, 6.07) is 18.5. The van der Waals surface area contributed by atoms with Crippen LogP contribution >= 0.6 is 0 Å². The quantitative estimate of drug-likeness (QED) is 0.697. The zero-order chi connectivity index (χ0) is 16.3. The van der Waals surface area contributed by atoms with Crippen molar-refractivity contribution in [1.29, 1.82) is 0 Å². The first-order valence-electron chi connectivity index (χ1n) is 7.78. The first-order chi connectivity index (χ1) is 11.3. The Morgan fingerprint density at radius 2 is 2.00 bits per heavy atom. The number of ether oxygens (including phenoxy) is 1. The molecule has 0 aliphatic carbocycles. The summed E-state index contributed by atoms with van der Waals surface area (Å²) in [5.41, 5.74) is 6.51. The van der Waals surface area contributed by atoms with Crippen molar-refractivity contribution in [3.8, 4) is 5.75 Å². The molecule has 2 rings (SSSR count). The van der Waals surface area contributed by atoms with Crippen molar-refractivity contribution in [3.05, 3.63) is 90.3 Å². The highest BCUT2D eigenvalue weighted by atomic mass is 16.5. The second-order valence-electron chi connectivity index (χ2n) is 5.21. The fourth-order valence-electron chi connectivity index (χ4n) is 2.34. The van der Waals surface area contributed by atoms with E-state index in [0.29, 0.717) is 0 Å². The van der Waals surface area contributed by atoms with Gasteiger partial charge in [0.1, 0.15) is 5.75 Å². The Hall–Kier alpha value is -2.70. The third-order valence-corrected chi connectivity index (χ3v) is 3.57. The van der Waals surface area contributed by atoms with Crippen molar-refractivity contribution in [2.75, 3.05) is 7.11 Å². The Balaban J connectivity index is 2.11. The fraction of sp³-hybridized carbons (Fsp3) is 0.190. The van der Waals surface area contributed by atoms with Gasteiger partial charge in [0.25, 0.3) is 0 Å². The van der Waals surface area contributed by atoms with Crippen molar-refractivity contribution >= 4 is 5.57 Å². The van der Waals surface area contributed by atoms with Gasteiger partial charge in [-0.1, -0.05) is 49.0 Å². The average Bonchev–Trinajstić information content (AvgIpc) is 2.61. The van der Waals surface area contributed by atoms with E-state index < -0.39 is 0 Å².